The summed E-state index contributed by atoms with van der Waals surface area (Å²) in [6.07, 6.45) is 8.47. The highest BCUT2D eigenvalue weighted by molar-refractivity contribution is 7.11. The fourth-order valence-electron chi connectivity index (χ4n) is 3.40. The Labute approximate surface area is 118 Å². The molecular weight excluding hydrogens is 256 g/mol. The summed E-state index contributed by atoms with van der Waals surface area (Å²) >= 11 is 1.94. The third kappa shape index (κ3) is 2.34. The normalized spacial score (nSPS) is 33.2. The number of hydrogen-bond donors (Lipinski definition) is 1. The Kier molecular flexibility index (Phi) is 3.13. The largest absolute Gasteiger partial charge is 0.374 e. The third-order valence-corrected chi connectivity index (χ3v) is 5.91. The lowest BCUT2D eigenvalue weighted by atomic mass is 9.90. The zero-order chi connectivity index (χ0) is 12.8. The second-order valence-corrected chi connectivity index (χ2v) is 7.26. The molecule has 19 heavy (non-hydrogen) atoms. The maximum atomic E-state index is 5.98. The molecule has 3 heterocycles. The molecule has 3 nitrogen and oxygen atoms in total. The monoisotopic (exact) mass is 278 g/mol. The van der Waals surface area contributed by atoms with Crippen LogP contribution in [0.15, 0.2) is 0 Å². The van der Waals surface area contributed by atoms with E-state index in [9.17, 15) is 0 Å². The van der Waals surface area contributed by atoms with E-state index < -0.39 is 0 Å². The minimum absolute atomic E-state index is 0.463. The Hall–Kier alpha value is -0.450. The van der Waals surface area contributed by atoms with E-state index in [1.807, 2.05) is 11.3 Å². The van der Waals surface area contributed by atoms with Crippen LogP contribution in [0.3, 0.4) is 0 Å². The number of nitrogens with zero attached hydrogens (tertiary/aromatic N) is 1. The van der Waals surface area contributed by atoms with Crippen LogP contribution in [0.25, 0.3) is 0 Å². The van der Waals surface area contributed by atoms with E-state index in [0.29, 0.717) is 18.1 Å². The van der Waals surface area contributed by atoms with Crippen molar-refractivity contribution < 1.29 is 4.74 Å². The van der Waals surface area contributed by atoms with Gasteiger partial charge >= 0.3 is 0 Å². The van der Waals surface area contributed by atoms with Gasteiger partial charge in [-0.05, 0) is 38.5 Å². The Morgan fingerprint density at radius 3 is 2.84 bits per heavy atom. The molecule has 2 aliphatic heterocycles. The predicted molar refractivity (Wildman–Crippen MR) is 76.6 cm³/mol. The molecule has 1 aromatic rings. The molecule has 3 fully saturated rings. The number of nitrogens with one attached hydrogen (secondary N) is 1. The molecule has 1 saturated carbocycles. The van der Waals surface area contributed by atoms with Gasteiger partial charge in [-0.1, -0.05) is 6.92 Å². The van der Waals surface area contributed by atoms with Gasteiger partial charge in [-0.15, -0.1) is 11.3 Å². The van der Waals surface area contributed by atoms with Crippen molar-refractivity contribution in [1.29, 1.82) is 0 Å². The van der Waals surface area contributed by atoms with Crippen LogP contribution in [0.4, 0.5) is 0 Å². The van der Waals surface area contributed by atoms with Crippen LogP contribution in [0.1, 0.15) is 60.5 Å². The molecule has 2 bridgehead atoms. The van der Waals surface area contributed by atoms with Crippen LogP contribution < -0.4 is 5.32 Å². The second-order valence-electron chi connectivity index (χ2n) is 6.15. The van der Waals surface area contributed by atoms with Crippen LogP contribution in [0.5, 0.6) is 0 Å². The smallest absolute Gasteiger partial charge is 0.0989 e. The molecule has 3 unspecified atom stereocenters. The van der Waals surface area contributed by atoms with E-state index in [1.54, 1.807) is 0 Å². The van der Waals surface area contributed by atoms with Crippen LogP contribution in [-0.4, -0.2) is 23.2 Å². The Morgan fingerprint density at radius 1 is 1.32 bits per heavy atom. The third-order valence-electron chi connectivity index (χ3n) is 4.68. The average molecular weight is 278 g/mol. The van der Waals surface area contributed by atoms with Crippen molar-refractivity contribution in [3.63, 3.8) is 0 Å². The Morgan fingerprint density at radius 2 is 2.21 bits per heavy atom. The summed E-state index contributed by atoms with van der Waals surface area (Å²) in [5.74, 6) is 0.587. The van der Waals surface area contributed by atoms with E-state index in [2.05, 4.69) is 12.2 Å². The van der Waals surface area contributed by atoms with Crippen LogP contribution >= 0.6 is 11.3 Å². The highest BCUT2D eigenvalue weighted by Gasteiger charge is 2.43. The first-order valence-electron chi connectivity index (χ1n) is 7.70. The van der Waals surface area contributed by atoms with Crippen molar-refractivity contribution >= 4 is 11.3 Å². The highest BCUT2D eigenvalue weighted by Crippen LogP contribution is 2.45. The van der Waals surface area contributed by atoms with Crippen molar-refractivity contribution in [3.8, 4) is 0 Å². The van der Waals surface area contributed by atoms with Gasteiger partial charge in [0.1, 0.15) is 0 Å². The summed E-state index contributed by atoms with van der Waals surface area (Å²) in [6.45, 7) is 3.24. The number of rotatable bonds is 5. The average Bonchev–Trinajstić information content (AvgIpc) is 2.89. The summed E-state index contributed by atoms with van der Waals surface area (Å²) in [4.78, 5) is 6.39. The lowest BCUT2D eigenvalue weighted by Crippen LogP contribution is -2.15. The van der Waals surface area contributed by atoms with Gasteiger partial charge in [-0.25, -0.2) is 4.98 Å². The number of thiazole rings is 1. The number of aromatic nitrogens is 1. The van der Waals surface area contributed by atoms with Gasteiger partial charge in [0, 0.05) is 23.4 Å². The number of fused-ring (bicyclic) bond motifs is 2. The first kappa shape index (κ1) is 12.3. The van der Waals surface area contributed by atoms with Gasteiger partial charge in [-0.3, -0.25) is 0 Å². The predicted octanol–water partition coefficient (Wildman–Crippen LogP) is 2.99. The van der Waals surface area contributed by atoms with Gasteiger partial charge < -0.3 is 10.1 Å². The van der Waals surface area contributed by atoms with Gasteiger partial charge in [0.05, 0.1) is 22.9 Å². The lowest BCUT2D eigenvalue weighted by molar-refractivity contribution is 0.100. The number of aryl methyl sites for hydroxylation is 1. The number of hydrogen-bond acceptors (Lipinski definition) is 4. The summed E-state index contributed by atoms with van der Waals surface area (Å²) in [7, 11) is 0. The molecule has 0 spiro atoms. The van der Waals surface area contributed by atoms with E-state index >= 15 is 0 Å². The molecule has 2 saturated heterocycles. The van der Waals surface area contributed by atoms with Gasteiger partial charge in [0.15, 0.2) is 0 Å². The fraction of sp³-hybridized carbons (Fsp3) is 0.800. The molecule has 4 rings (SSSR count). The van der Waals surface area contributed by atoms with Crippen LogP contribution in [0, 0.1) is 0 Å². The molecular formula is C15H22N2OS. The van der Waals surface area contributed by atoms with Crippen molar-refractivity contribution in [1.82, 2.24) is 10.3 Å². The van der Waals surface area contributed by atoms with Crippen molar-refractivity contribution in [2.24, 2.45) is 0 Å². The molecule has 3 aliphatic rings. The molecule has 3 atom stereocenters. The fourth-order valence-corrected chi connectivity index (χ4v) is 4.67. The molecule has 1 aromatic heterocycles. The SMILES string of the molecule is CCc1nc(C2CC3CCC2O3)sc1CNC1CC1. The molecule has 104 valence electrons. The molecule has 0 aromatic carbocycles. The van der Waals surface area contributed by atoms with Crippen molar-refractivity contribution in [2.75, 3.05) is 0 Å². The first-order valence-corrected chi connectivity index (χ1v) is 8.52. The minimum Gasteiger partial charge on any atom is -0.374 e. The molecule has 1 N–H and O–H groups in total. The first-order chi connectivity index (χ1) is 9.33. The summed E-state index contributed by atoms with van der Waals surface area (Å²) in [6, 6.07) is 0.779. The molecule has 0 radical (unpaired) electrons. The molecule has 4 heteroatoms. The topological polar surface area (TPSA) is 34.1 Å². The van der Waals surface area contributed by atoms with Crippen molar-refractivity contribution in [3.05, 3.63) is 15.6 Å². The summed E-state index contributed by atoms with van der Waals surface area (Å²) in [5.41, 5.74) is 1.32. The number of ether oxygens (including phenoxy) is 1. The van der Waals surface area contributed by atoms with Crippen LogP contribution in [0.2, 0.25) is 0 Å². The quantitative estimate of drug-likeness (QED) is 0.899. The van der Waals surface area contributed by atoms with E-state index in [1.165, 1.54) is 47.7 Å². The van der Waals surface area contributed by atoms with Gasteiger partial charge in [-0.2, -0.15) is 0 Å². The maximum Gasteiger partial charge on any atom is 0.0989 e. The van der Waals surface area contributed by atoms with E-state index in [-0.39, 0.29) is 0 Å². The Bertz CT molecular complexity index is 469. The van der Waals surface area contributed by atoms with Gasteiger partial charge in [0.25, 0.3) is 0 Å². The highest BCUT2D eigenvalue weighted by atomic mass is 32.1. The molecule has 0 amide bonds. The Balaban J connectivity index is 1.51. The standard InChI is InChI=1S/C15H22N2OS/c1-2-12-14(8-16-9-3-4-9)19-15(17-12)11-7-10-5-6-13(11)18-10/h9-11,13,16H,2-8H2,1H3. The van der Waals surface area contributed by atoms with Crippen molar-refractivity contribution in [2.45, 2.75) is 76.2 Å². The van der Waals surface area contributed by atoms with E-state index in [4.69, 9.17) is 9.72 Å². The summed E-state index contributed by atoms with van der Waals surface area (Å²) < 4.78 is 5.98. The van der Waals surface area contributed by atoms with Crippen LogP contribution in [-0.2, 0) is 17.7 Å². The zero-order valence-corrected chi connectivity index (χ0v) is 12.3. The minimum atomic E-state index is 0.463. The second kappa shape index (κ2) is 4.83. The lowest BCUT2D eigenvalue weighted by Gasteiger charge is -2.15. The molecule has 1 aliphatic carbocycles. The summed E-state index contributed by atoms with van der Waals surface area (Å²) in [5, 5.41) is 4.97. The maximum absolute atomic E-state index is 5.98. The zero-order valence-electron chi connectivity index (χ0n) is 11.5. The van der Waals surface area contributed by atoms with E-state index in [0.717, 1.165) is 19.0 Å². The van der Waals surface area contributed by atoms with Gasteiger partial charge in [0.2, 0.25) is 0 Å².